The van der Waals surface area contributed by atoms with Crippen molar-refractivity contribution >= 4 is 29.2 Å². The number of nitrogens with one attached hydrogen (secondary N) is 3. The topological polar surface area (TPSA) is 112 Å². The molecule has 3 N–H and O–H groups in total. The molecule has 3 amide bonds. The van der Waals surface area contributed by atoms with E-state index in [0.29, 0.717) is 73.0 Å². The van der Waals surface area contributed by atoms with Crippen molar-refractivity contribution in [3.8, 4) is 22.8 Å². The second kappa shape index (κ2) is 10.9. The summed E-state index contributed by atoms with van der Waals surface area (Å²) in [4.78, 5) is 29.1. The van der Waals surface area contributed by atoms with Crippen LogP contribution in [0, 0.1) is 0 Å². The van der Waals surface area contributed by atoms with Gasteiger partial charge >= 0.3 is 6.03 Å². The van der Waals surface area contributed by atoms with Crippen molar-refractivity contribution in [1.29, 1.82) is 0 Å². The Morgan fingerprint density at radius 1 is 0.972 bits per heavy atom. The number of carbonyl (C=O) groups is 2. The molecule has 11 heteroatoms. The van der Waals surface area contributed by atoms with Crippen molar-refractivity contribution in [3.05, 3.63) is 59.2 Å². The quantitative estimate of drug-likeness (QED) is 0.470. The molecule has 36 heavy (non-hydrogen) atoms. The Bertz CT molecular complexity index is 1220. The first kappa shape index (κ1) is 24.0. The number of H-pyrrole nitrogens is 1. The van der Waals surface area contributed by atoms with Gasteiger partial charge in [0.1, 0.15) is 18.9 Å². The van der Waals surface area contributed by atoms with E-state index in [9.17, 15) is 9.59 Å². The van der Waals surface area contributed by atoms with Crippen LogP contribution in [-0.4, -0.2) is 84.4 Å². The number of benzene rings is 2. The number of carbonyl (C=O) groups excluding carboxylic acids is 2. The molecule has 188 valence electrons. The van der Waals surface area contributed by atoms with Crippen LogP contribution >= 0.6 is 11.6 Å². The van der Waals surface area contributed by atoms with Gasteiger partial charge in [-0.3, -0.25) is 14.8 Å². The molecule has 2 aromatic carbocycles. The second-order valence-electron chi connectivity index (χ2n) is 8.55. The fourth-order valence-electron chi connectivity index (χ4n) is 4.16. The number of urea groups is 1. The fourth-order valence-corrected chi connectivity index (χ4v) is 4.29. The maximum Gasteiger partial charge on any atom is 0.319 e. The van der Waals surface area contributed by atoms with Gasteiger partial charge in [0.2, 0.25) is 0 Å². The first-order valence-electron chi connectivity index (χ1n) is 11.8. The number of aromatic nitrogens is 2. The molecule has 0 radical (unpaired) electrons. The number of amides is 3. The largest absolute Gasteiger partial charge is 0.486 e. The van der Waals surface area contributed by atoms with E-state index in [4.69, 9.17) is 21.1 Å². The van der Waals surface area contributed by atoms with Crippen LogP contribution in [0.25, 0.3) is 11.3 Å². The molecule has 0 unspecified atom stereocenters. The molecule has 0 bridgehead atoms. The van der Waals surface area contributed by atoms with Gasteiger partial charge in [-0.05, 0) is 48.5 Å². The van der Waals surface area contributed by atoms with Gasteiger partial charge in [0.25, 0.3) is 5.91 Å². The summed E-state index contributed by atoms with van der Waals surface area (Å²) < 4.78 is 11.2. The van der Waals surface area contributed by atoms with Gasteiger partial charge < -0.3 is 25.0 Å². The molecule has 0 spiro atoms. The Morgan fingerprint density at radius 2 is 1.72 bits per heavy atom. The Kier molecular flexibility index (Phi) is 7.24. The van der Waals surface area contributed by atoms with E-state index in [0.717, 1.165) is 18.7 Å². The third-order valence-corrected chi connectivity index (χ3v) is 6.37. The number of fused-ring (bicyclic) bond motifs is 1. The first-order valence-corrected chi connectivity index (χ1v) is 12.2. The summed E-state index contributed by atoms with van der Waals surface area (Å²) in [5.41, 5.74) is 2.66. The number of ether oxygens (including phenoxy) is 2. The molecule has 5 rings (SSSR count). The third-order valence-electron chi connectivity index (χ3n) is 6.12. The standard InChI is InChI=1S/C25H27ClN6O4/c26-18-2-4-19(5-3-18)28-25(34)27-7-8-31-9-11-32(12-10-31)24(33)21-16-20(29-30-21)17-1-6-22-23(15-17)36-14-13-35-22/h1-6,15-16H,7-14H2,(H,29,30)(H2,27,28,34). The van der Waals surface area contributed by atoms with E-state index in [-0.39, 0.29) is 11.9 Å². The van der Waals surface area contributed by atoms with Gasteiger partial charge in [0.15, 0.2) is 11.5 Å². The van der Waals surface area contributed by atoms with Crippen LogP contribution in [0.4, 0.5) is 10.5 Å². The highest BCUT2D eigenvalue weighted by atomic mass is 35.5. The smallest absolute Gasteiger partial charge is 0.319 e. The minimum atomic E-state index is -0.265. The lowest BCUT2D eigenvalue weighted by molar-refractivity contribution is 0.0633. The molecule has 1 aromatic heterocycles. The Hall–Kier alpha value is -3.76. The van der Waals surface area contributed by atoms with Gasteiger partial charge in [-0.15, -0.1) is 0 Å². The summed E-state index contributed by atoms with van der Waals surface area (Å²) in [7, 11) is 0. The summed E-state index contributed by atoms with van der Waals surface area (Å²) in [6.45, 7) is 4.94. The average molecular weight is 511 g/mol. The van der Waals surface area contributed by atoms with Crippen LogP contribution in [0.15, 0.2) is 48.5 Å². The molecule has 2 aliphatic heterocycles. The number of aromatic amines is 1. The molecule has 2 aliphatic rings. The van der Waals surface area contributed by atoms with Gasteiger partial charge in [-0.25, -0.2) is 4.79 Å². The zero-order valence-electron chi connectivity index (χ0n) is 19.6. The molecule has 1 fully saturated rings. The van der Waals surface area contributed by atoms with Crippen LogP contribution in [0.1, 0.15) is 10.5 Å². The van der Waals surface area contributed by atoms with E-state index in [1.165, 1.54) is 0 Å². The number of anilines is 1. The zero-order valence-corrected chi connectivity index (χ0v) is 20.4. The summed E-state index contributed by atoms with van der Waals surface area (Å²) in [5, 5.41) is 13.4. The normalized spacial score (nSPS) is 15.4. The summed E-state index contributed by atoms with van der Waals surface area (Å²) in [5.74, 6) is 1.32. The van der Waals surface area contributed by atoms with Crippen LogP contribution in [0.3, 0.4) is 0 Å². The van der Waals surface area contributed by atoms with E-state index >= 15 is 0 Å². The first-order chi connectivity index (χ1) is 17.5. The van der Waals surface area contributed by atoms with Crippen molar-refractivity contribution in [2.24, 2.45) is 0 Å². The van der Waals surface area contributed by atoms with Gasteiger partial charge in [0, 0.05) is 55.5 Å². The van der Waals surface area contributed by atoms with Gasteiger partial charge in [0.05, 0.1) is 5.69 Å². The maximum atomic E-state index is 13.0. The van der Waals surface area contributed by atoms with Crippen LogP contribution in [-0.2, 0) is 0 Å². The van der Waals surface area contributed by atoms with Gasteiger partial charge in [-0.1, -0.05) is 11.6 Å². The maximum absolute atomic E-state index is 13.0. The predicted molar refractivity (Wildman–Crippen MR) is 136 cm³/mol. The molecule has 0 saturated carbocycles. The minimum Gasteiger partial charge on any atom is -0.486 e. The highest BCUT2D eigenvalue weighted by molar-refractivity contribution is 6.30. The van der Waals surface area contributed by atoms with E-state index in [1.54, 1.807) is 30.3 Å². The Balaban J connectivity index is 1.07. The molecular formula is C25H27ClN6O4. The number of hydrogen-bond acceptors (Lipinski definition) is 6. The summed E-state index contributed by atoms with van der Waals surface area (Å²) in [6, 6.07) is 14.1. The SMILES string of the molecule is O=C(NCCN1CCN(C(=O)c2cc(-c3ccc4c(c3)OCCO4)n[nH]2)CC1)Nc1ccc(Cl)cc1. The zero-order chi connectivity index (χ0) is 24.9. The lowest BCUT2D eigenvalue weighted by atomic mass is 10.1. The predicted octanol–water partition coefficient (Wildman–Crippen LogP) is 3.08. The lowest BCUT2D eigenvalue weighted by Crippen LogP contribution is -2.50. The molecule has 3 aromatic rings. The van der Waals surface area contributed by atoms with Crippen molar-refractivity contribution < 1.29 is 19.1 Å². The van der Waals surface area contributed by atoms with Gasteiger partial charge in [-0.2, -0.15) is 5.10 Å². The Morgan fingerprint density at radius 3 is 2.50 bits per heavy atom. The van der Waals surface area contributed by atoms with E-state index in [2.05, 4.69) is 25.7 Å². The van der Waals surface area contributed by atoms with Crippen molar-refractivity contribution in [2.45, 2.75) is 0 Å². The number of hydrogen-bond donors (Lipinski definition) is 3. The molecular weight excluding hydrogens is 484 g/mol. The highest BCUT2D eigenvalue weighted by Crippen LogP contribution is 2.34. The lowest BCUT2D eigenvalue weighted by Gasteiger charge is -2.34. The summed E-state index contributed by atoms with van der Waals surface area (Å²) >= 11 is 5.86. The van der Waals surface area contributed by atoms with Crippen LogP contribution in [0.2, 0.25) is 5.02 Å². The number of halogens is 1. The van der Waals surface area contributed by atoms with Crippen molar-refractivity contribution in [2.75, 3.05) is 57.8 Å². The molecule has 0 atom stereocenters. The number of nitrogens with zero attached hydrogens (tertiary/aromatic N) is 3. The third kappa shape index (κ3) is 5.72. The number of piperazine rings is 1. The van der Waals surface area contributed by atoms with Crippen LogP contribution < -0.4 is 20.1 Å². The average Bonchev–Trinajstić information content (AvgIpc) is 3.40. The highest BCUT2D eigenvalue weighted by Gasteiger charge is 2.24. The van der Waals surface area contributed by atoms with Crippen molar-refractivity contribution in [3.63, 3.8) is 0 Å². The van der Waals surface area contributed by atoms with E-state index < -0.39 is 0 Å². The van der Waals surface area contributed by atoms with Crippen LogP contribution in [0.5, 0.6) is 11.5 Å². The minimum absolute atomic E-state index is 0.0774. The molecule has 1 saturated heterocycles. The second-order valence-corrected chi connectivity index (χ2v) is 8.98. The number of rotatable bonds is 6. The Labute approximate surface area is 213 Å². The molecule has 0 aliphatic carbocycles. The van der Waals surface area contributed by atoms with E-state index in [1.807, 2.05) is 23.1 Å². The molecule has 3 heterocycles. The summed E-state index contributed by atoms with van der Waals surface area (Å²) in [6.07, 6.45) is 0. The van der Waals surface area contributed by atoms with Crippen molar-refractivity contribution in [1.82, 2.24) is 25.3 Å². The monoisotopic (exact) mass is 510 g/mol. The fraction of sp³-hybridized carbons (Fsp3) is 0.320. The molecule has 10 nitrogen and oxygen atoms in total.